The van der Waals surface area contributed by atoms with Crippen LogP contribution in [0.2, 0.25) is 0 Å². The Balaban J connectivity index is 2.20. The van der Waals surface area contributed by atoms with Crippen LogP contribution in [-0.2, 0) is 7.05 Å². The van der Waals surface area contributed by atoms with Gasteiger partial charge in [0.1, 0.15) is 11.3 Å². The first-order valence-corrected chi connectivity index (χ1v) is 4.99. The largest absolute Gasteiger partial charge is 0.318 e. The molecule has 0 radical (unpaired) electrons. The predicted molar refractivity (Wildman–Crippen MR) is 59.5 cm³/mol. The Hall–Kier alpha value is -2.37. The quantitative estimate of drug-likeness (QED) is 0.635. The lowest BCUT2D eigenvalue weighted by Gasteiger charge is -2.00. The third kappa shape index (κ3) is 1.63. The molecule has 3 heterocycles. The van der Waals surface area contributed by atoms with Crippen LogP contribution < -0.4 is 0 Å². The number of pyridine rings is 1. The van der Waals surface area contributed by atoms with Crippen LogP contribution in [0.5, 0.6) is 0 Å². The van der Waals surface area contributed by atoms with Crippen LogP contribution in [0.4, 0.5) is 4.39 Å². The molecular weight excluding hydrogens is 221 g/mol. The number of fused-ring (bicyclic) bond motifs is 1. The predicted octanol–water partition coefficient (Wildman–Crippen LogP) is 1.56. The minimum absolute atomic E-state index is 0.406. The summed E-state index contributed by atoms with van der Waals surface area (Å²) in [4.78, 5) is 16.4. The molecule has 3 aromatic rings. The summed E-state index contributed by atoms with van der Waals surface area (Å²) in [6.07, 6.45) is 5.95. The highest BCUT2D eigenvalue weighted by atomic mass is 19.1. The van der Waals surface area contributed by atoms with E-state index in [1.54, 1.807) is 17.1 Å². The number of imidazole rings is 1. The van der Waals surface area contributed by atoms with Crippen molar-refractivity contribution in [1.82, 2.24) is 24.5 Å². The first kappa shape index (κ1) is 9.83. The topological polar surface area (TPSA) is 56.5 Å². The molecule has 0 atom stereocenters. The second-order valence-corrected chi connectivity index (χ2v) is 3.65. The Morgan fingerprint density at radius 1 is 1.18 bits per heavy atom. The molecule has 0 aromatic carbocycles. The van der Waals surface area contributed by atoms with Crippen molar-refractivity contribution < 1.29 is 4.39 Å². The van der Waals surface area contributed by atoms with Crippen molar-refractivity contribution in [2.24, 2.45) is 7.05 Å². The maximum atomic E-state index is 13.1. The van der Waals surface area contributed by atoms with Crippen molar-refractivity contribution in [3.63, 3.8) is 0 Å². The molecular formula is C11H8FN5. The SMILES string of the molecule is Cn1cnc2cnc(-c3cncc(F)c3)nc21. The molecule has 0 fully saturated rings. The third-order valence-corrected chi connectivity index (χ3v) is 2.42. The monoisotopic (exact) mass is 229 g/mol. The highest BCUT2D eigenvalue weighted by molar-refractivity contribution is 5.72. The average Bonchev–Trinajstić information content (AvgIpc) is 2.71. The molecule has 6 heteroatoms. The van der Waals surface area contributed by atoms with E-state index in [1.165, 1.54) is 12.3 Å². The van der Waals surface area contributed by atoms with Crippen LogP contribution in [0.15, 0.2) is 31.0 Å². The van der Waals surface area contributed by atoms with Gasteiger partial charge in [-0.05, 0) is 6.07 Å². The summed E-state index contributed by atoms with van der Waals surface area (Å²) in [6, 6.07) is 1.35. The van der Waals surface area contributed by atoms with E-state index in [0.29, 0.717) is 22.6 Å². The fraction of sp³-hybridized carbons (Fsp3) is 0.0909. The highest BCUT2D eigenvalue weighted by Crippen LogP contribution is 2.17. The number of aryl methyl sites for hydroxylation is 1. The zero-order valence-corrected chi connectivity index (χ0v) is 9.00. The maximum absolute atomic E-state index is 13.1. The van der Waals surface area contributed by atoms with E-state index in [-0.39, 0.29) is 0 Å². The zero-order chi connectivity index (χ0) is 11.8. The van der Waals surface area contributed by atoms with Gasteiger partial charge in [-0.3, -0.25) is 4.98 Å². The van der Waals surface area contributed by atoms with E-state index in [4.69, 9.17) is 0 Å². The number of rotatable bonds is 1. The van der Waals surface area contributed by atoms with Gasteiger partial charge in [0.05, 0.1) is 18.7 Å². The van der Waals surface area contributed by atoms with Gasteiger partial charge in [0, 0.05) is 18.8 Å². The second kappa shape index (κ2) is 3.58. The summed E-state index contributed by atoms with van der Waals surface area (Å²) in [5, 5.41) is 0. The number of nitrogens with zero attached hydrogens (tertiary/aromatic N) is 5. The molecule has 0 aliphatic heterocycles. The summed E-state index contributed by atoms with van der Waals surface area (Å²) in [5.74, 6) is 0.0318. The molecule has 0 N–H and O–H groups in total. The summed E-state index contributed by atoms with van der Waals surface area (Å²) in [6.45, 7) is 0. The summed E-state index contributed by atoms with van der Waals surface area (Å²) in [5.41, 5.74) is 1.97. The third-order valence-electron chi connectivity index (χ3n) is 2.42. The molecule has 17 heavy (non-hydrogen) atoms. The molecule has 0 saturated heterocycles. The molecule has 84 valence electrons. The normalized spacial score (nSPS) is 10.9. The Kier molecular flexibility index (Phi) is 2.07. The van der Waals surface area contributed by atoms with Crippen LogP contribution in [0.25, 0.3) is 22.6 Å². The molecule has 0 bridgehead atoms. The second-order valence-electron chi connectivity index (χ2n) is 3.65. The van der Waals surface area contributed by atoms with E-state index >= 15 is 0 Å². The van der Waals surface area contributed by atoms with Crippen molar-refractivity contribution in [3.8, 4) is 11.4 Å². The summed E-state index contributed by atoms with van der Waals surface area (Å²) >= 11 is 0. The van der Waals surface area contributed by atoms with E-state index in [1.807, 2.05) is 7.05 Å². The molecule has 5 nitrogen and oxygen atoms in total. The zero-order valence-electron chi connectivity index (χ0n) is 9.00. The van der Waals surface area contributed by atoms with Gasteiger partial charge in [-0.25, -0.2) is 19.3 Å². The van der Waals surface area contributed by atoms with E-state index < -0.39 is 5.82 Å². The lowest BCUT2D eigenvalue weighted by molar-refractivity contribution is 0.622. The smallest absolute Gasteiger partial charge is 0.163 e. The van der Waals surface area contributed by atoms with Crippen molar-refractivity contribution in [1.29, 1.82) is 0 Å². The molecule has 3 aromatic heterocycles. The van der Waals surface area contributed by atoms with Crippen LogP contribution in [0.1, 0.15) is 0 Å². The van der Waals surface area contributed by atoms with Gasteiger partial charge in [0.2, 0.25) is 0 Å². The first-order valence-electron chi connectivity index (χ1n) is 4.99. The molecule has 0 unspecified atom stereocenters. The summed E-state index contributed by atoms with van der Waals surface area (Å²) in [7, 11) is 1.84. The molecule has 0 saturated carbocycles. The standard InChI is InChI=1S/C11H8FN5/c1-17-6-15-9-5-14-10(16-11(9)17)7-2-8(12)4-13-3-7/h2-6H,1H3. The fourth-order valence-corrected chi connectivity index (χ4v) is 1.59. The van der Waals surface area contributed by atoms with Gasteiger partial charge in [0.25, 0.3) is 0 Å². The lowest BCUT2D eigenvalue weighted by atomic mass is 10.2. The molecule has 3 rings (SSSR count). The van der Waals surface area contributed by atoms with Crippen molar-refractivity contribution in [3.05, 3.63) is 36.8 Å². The van der Waals surface area contributed by atoms with Gasteiger partial charge >= 0.3 is 0 Å². The number of hydrogen-bond donors (Lipinski definition) is 0. The molecule has 0 aliphatic rings. The van der Waals surface area contributed by atoms with Crippen molar-refractivity contribution in [2.45, 2.75) is 0 Å². The van der Waals surface area contributed by atoms with Crippen molar-refractivity contribution in [2.75, 3.05) is 0 Å². The van der Waals surface area contributed by atoms with Crippen LogP contribution >= 0.6 is 0 Å². The average molecular weight is 229 g/mol. The lowest BCUT2D eigenvalue weighted by Crippen LogP contribution is -1.94. The highest BCUT2D eigenvalue weighted by Gasteiger charge is 2.07. The maximum Gasteiger partial charge on any atom is 0.163 e. The summed E-state index contributed by atoms with van der Waals surface area (Å²) < 4.78 is 14.8. The Morgan fingerprint density at radius 2 is 2.06 bits per heavy atom. The van der Waals surface area contributed by atoms with E-state index in [0.717, 1.165) is 6.20 Å². The Labute approximate surface area is 96.0 Å². The van der Waals surface area contributed by atoms with Crippen LogP contribution in [0.3, 0.4) is 0 Å². The van der Waals surface area contributed by atoms with Gasteiger partial charge in [-0.2, -0.15) is 0 Å². The van der Waals surface area contributed by atoms with Crippen molar-refractivity contribution >= 4 is 11.2 Å². The number of aromatic nitrogens is 5. The minimum Gasteiger partial charge on any atom is -0.318 e. The molecule has 0 amide bonds. The van der Waals surface area contributed by atoms with Gasteiger partial charge in [0.15, 0.2) is 11.5 Å². The van der Waals surface area contributed by atoms with Gasteiger partial charge in [-0.1, -0.05) is 0 Å². The number of hydrogen-bond acceptors (Lipinski definition) is 4. The first-order chi connectivity index (χ1) is 8.24. The Morgan fingerprint density at radius 3 is 2.88 bits per heavy atom. The molecule has 0 aliphatic carbocycles. The van der Waals surface area contributed by atoms with Gasteiger partial charge in [-0.15, -0.1) is 0 Å². The van der Waals surface area contributed by atoms with Gasteiger partial charge < -0.3 is 4.57 Å². The van der Waals surface area contributed by atoms with E-state index in [9.17, 15) is 4.39 Å². The Bertz CT molecular complexity index is 691. The minimum atomic E-state index is -0.406. The van der Waals surface area contributed by atoms with Crippen LogP contribution in [-0.4, -0.2) is 24.5 Å². The van der Waals surface area contributed by atoms with Crippen LogP contribution in [0, 0.1) is 5.82 Å². The molecule has 0 spiro atoms. The van der Waals surface area contributed by atoms with E-state index in [2.05, 4.69) is 19.9 Å². The fourth-order valence-electron chi connectivity index (χ4n) is 1.59. The number of halogens is 1.